The summed E-state index contributed by atoms with van der Waals surface area (Å²) >= 11 is 0. The summed E-state index contributed by atoms with van der Waals surface area (Å²) in [6.45, 7) is 0. The Hall–Kier alpha value is -1.12. The molecule has 0 atom stereocenters. The third-order valence-corrected chi connectivity index (χ3v) is 3.13. The van der Waals surface area contributed by atoms with Crippen molar-refractivity contribution in [1.82, 2.24) is 0 Å². The van der Waals surface area contributed by atoms with Crippen LogP contribution in [-0.2, 0) is 5.41 Å². The molecule has 3 heteroatoms. The van der Waals surface area contributed by atoms with Gasteiger partial charge in [-0.3, -0.25) is 0 Å². The number of benzene rings is 1. The summed E-state index contributed by atoms with van der Waals surface area (Å²) in [4.78, 5) is 0. The maximum atomic E-state index is 12.9. The number of rotatable bonds is 2. The van der Waals surface area contributed by atoms with Crippen molar-refractivity contribution in [2.45, 2.75) is 31.1 Å². The zero-order valence-electron chi connectivity index (χ0n) is 7.84. The molecule has 0 radical (unpaired) electrons. The van der Waals surface area contributed by atoms with E-state index in [1.54, 1.807) is 24.3 Å². The van der Waals surface area contributed by atoms with Crippen molar-refractivity contribution in [3.05, 3.63) is 29.8 Å². The first-order valence-electron chi connectivity index (χ1n) is 4.79. The maximum Gasteiger partial charge on any atom is 0.248 e. The molecule has 0 amide bonds. The van der Waals surface area contributed by atoms with Gasteiger partial charge < -0.3 is 5.73 Å². The summed E-state index contributed by atoms with van der Waals surface area (Å²) < 4.78 is 25.8. The molecule has 1 aliphatic carbocycles. The van der Waals surface area contributed by atoms with Crippen LogP contribution in [0.15, 0.2) is 24.3 Å². The molecule has 14 heavy (non-hydrogen) atoms. The highest BCUT2D eigenvalue weighted by Crippen LogP contribution is 2.48. The van der Waals surface area contributed by atoms with Crippen molar-refractivity contribution in [3.8, 4) is 0 Å². The SMILES string of the molecule is Nc1cccc(C2(C(F)F)CCC2)c1. The Balaban J connectivity index is 2.37. The largest absolute Gasteiger partial charge is 0.399 e. The fourth-order valence-corrected chi connectivity index (χ4v) is 2.04. The minimum absolute atomic E-state index is 0.564. The molecule has 1 nitrogen and oxygen atoms in total. The minimum Gasteiger partial charge on any atom is -0.399 e. The van der Waals surface area contributed by atoms with E-state index in [-0.39, 0.29) is 0 Å². The van der Waals surface area contributed by atoms with Gasteiger partial charge in [-0.25, -0.2) is 8.78 Å². The van der Waals surface area contributed by atoms with E-state index in [0.717, 1.165) is 6.42 Å². The summed E-state index contributed by atoms with van der Waals surface area (Å²) in [5.74, 6) is 0. The van der Waals surface area contributed by atoms with Gasteiger partial charge in [0.25, 0.3) is 0 Å². The molecule has 1 aromatic rings. The van der Waals surface area contributed by atoms with Crippen LogP contribution in [0.25, 0.3) is 0 Å². The second kappa shape index (κ2) is 3.23. The van der Waals surface area contributed by atoms with Gasteiger partial charge in [-0.15, -0.1) is 0 Å². The molecule has 1 aromatic carbocycles. The van der Waals surface area contributed by atoms with Crippen LogP contribution in [-0.4, -0.2) is 6.43 Å². The molecule has 2 N–H and O–H groups in total. The lowest BCUT2D eigenvalue weighted by Gasteiger charge is -2.41. The quantitative estimate of drug-likeness (QED) is 0.725. The molecule has 1 fully saturated rings. The number of nitrogen functional groups attached to an aromatic ring is 1. The molecule has 0 spiro atoms. The van der Waals surface area contributed by atoms with E-state index in [2.05, 4.69) is 0 Å². The van der Waals surface area contributed by atoms with Crippen molar-refractivity contribution >= 4 is 5.69 Å². The number of alkyl halides is 2. The number of anilines is 1. The molecule has 0 heterocycles. The van der Waals surface area contributed by atoms with E-state index in [4.69, 9.17) is 5.73 Å². The van der Waals surface area contributed by atoms with Crippen molar-refractivity contribution in [3.63, 3.8) is 0 Å². The van der Waals surface area contributed by atoms with Gasteiger partial charge >= 0.3 is 0 Å². The molecule has 0 saturated heterocycles. The maximum absolute atomic E-state index is 12.9. The van der Waals surface area contributed by atoms with Gasteiger partial charge in [0, 0.05) is 5.69 Å². The number of hydrogen-bond donors (Lipinski definition) is 1. The lowest BCUT2D eigenvalue weighted by molar-refractivity contribution is 0.000878. The van der Waals surface area contributed by atoms with E-state index >= 15 is 0 Å². The van der Waals surface area contributed by atoms with Gasteiger partial charge in [0.1, 0.15) is 0 Å². The number of hydrogen-bond acceptors (Lipinski definition) is 1. The average molecular weight is 197 g/mol. The first kappa shape index (κ1) is 9.44. The van der Waals surface area contributed by atoms with Gasteiger partial charge in [0.05, 0.1) is 5.41 Å². The Kier molecular flexibility index (Phi) is 2.17. The van der Waals surface area contributed by atoms with Gasteiger partial charge in [0.15, 0.2) is 0 Å². The molecular formula is C11H13F2N. The topological polar surface area (TPSA) is 26.0 Å². The summed E-state index contributed by atoms with van der Waals surface area (Å²) in [5, 5.41) is 0. The summed E-state index contributed by atoms with van der Waals surface area (Å²) in [5.41, 5.74) is 5.94. The van der Waals surface area contributed by atoms with Crippen LogP contribution < -0.4 is 5.73 Å². The van der Waals surface area contributed by atoms with Crippen LogP contribution in [0.1, 0.15) is 24.8 Å². The minimum atomic E-state index is -2.28. The predicted molar refractivity (Wildman–Crippen MR) is 52.4 cm³/mol. The van der Waals surface area contributed by atoms with Crippen LogP contribution >= 0.6 is 0 Å². The third kappa shape index (κ3) is 1.27. The molecule has 0 unspecified atom stereocenters. The predicted octanol–water partition coefficient (Wildman–Crippen LogP) is 2.96. The highest BCUT2D eigenvalue weighted by molar-refractivity contribution is 5.44. The van der Waals surface area contributed by atoms with Crippen molar-refractivity contribution in [1.29, 1.82) is 0 Å². The Morgan fingerprint density at radius 1 is 1.29 bits per heavy atom. The Labute approximate surface area is 81.9 Å². The molecule has 0 bridgehead atoms. The Morgan fingerprint density at radius 3 is 2.43 bits per heavy atom. The van der Waals surface area contributed by atoms with E-state index in [9.17, 15) is 8.78 Å². The normalized spacial score (nSPS) is 19.4. The fraction of sp³-hybridized carbons (Fsp3) is 0.455. The van der Waals surface area contributed by atoms with Crippen LogP contribution in [0.2, 0.25) is 0 Å². The lowest BCUT2D eigenvalue weighted by atomic mass is 9.64. The van der Waals surface area contributed by atoms with Crippen molar-refractivity contribution < 1.29 is 8.78 Å². The van der Waals surface area contributed by atoms with Gasteiger partial charge in [-0.2, -0.15) is 0 Å². The summed E-state index contributed by atoms with van der Waals surface area (Å²) in [7, 11) is 0. The second-order valence-electron chi connectivity index (χ2n) is 3.94. The Morgan fingerprint density at radius 2 is 2.00 bits per heavy atom. The van der Waals surface area contributed by atoms with E-state index in [1.165, 1.54) is 0 Å². The first-order valence-corrected chi connectivity index (χ1v) is 4.79. The highest BCUT2D eigenvalue weighted by atomic mass is 19.3. The third-order valence-electron chi connectivity index (χ3n) is 3.13. The van der Waals surface area contributed by atoms with Crippen LogP contribution in [0, 0.1) is 0 Å². The number of nitrogens with two attached hydrogens (primary N) is 1. The van der Waals surface area contributed by atoms with Gasteiger partial charge in [0.2, 0.25) is 6.43 Å². The van der Waals surface area contributed by atoms with Gasteiger partial charge in [-0.05, 0) is 30.5 Å². The molecule has 1 saturated carbocycles. The van der Waals surface area contributed by atoms with Crippen molar-refractivity contribution in [2.75, 3.05) is 5.73 Å². The smallest absolute Gasteiger partial charge is 0.248 e. The summed E-state index contributed by atoms with van der Waals surface area (Å²) in [6, 6.07) is 6.89. The van der Waals surface area contributed by atoms with E-state index < -0.39 is 11.8 Å². The summed E-state index contributed by atoms with van der Waals surface area (Å²) in [6.07, 6.45) is -0.237. The molecule has 0 aromatic heterocycles. The number of halogens is 2. The highest BCUT2D eigenvalue weighted by Gasteiger charge is 2.46. The van der Waals surface area contributed by atoms with E-state index in [0.29, 0.717) is 24.1 Å². The second-order valence-corrected chi connectivity index (χ2v) is 3.94. The van der Waals surface area contributed by atoms with Crippen LogP contribution in [0.5, 0.6) is 0 Å². The molecule has 0 aliphatic heterocycles. The molecular weight excluding hydrogens is 184 g/mol. The van der Waals surface area contributed by atoms with Crippen molar-refractivity contribution in [2.24, 2.45) is 0 Å². The molecule has 1 aliphatic rings. The molecule has 76 valence electrons. The lowest BCUT2D eigenvalue weighted by Crippen LogP contribution is -2.41. The standard InChI is InChI=1S/C11H13F2N/c12-10(13)11(5-2-6-11)8-3-1-4-9(14)7-8/h1,3-4,7,10H,2,5-6,14H2. The average Bonchev–Trinajstić information content (AvgIpc) is 2.00. The van der Waals surface area contributed by atoms with Crippen LogP contribution in [0.4, 0.5) is 14.5 Å². The monoisotopic (exact) mass is 197 g/mol. The van der Waals surface area contributed by atoms with E-state index in [1.807, 2.05) is 0 Å². The Bertz CT molecular complexity index is 332. The zero-order chi connectivity index (χ0) is 10.2. The molecule has 2 rings (SSSR count). The first-order chi connectivity index (χ1) is 6.65. The zero-order valence-corrected chi connectivity index (χ0v) is 7.84. The van der Waals surface area contributed by atoms with Gasteiger partial charge in [-0.1, -0.05) is 18.6 Å². The van der Waals surface area contributed by atoms with Crippen LogP contribution in [0.3, 0.4) is 0 Å². The fourth-order valence-electron chi connectivity index (χ4n) is 2.04.